The fraction of sp³-hybridized carbons (Fsp3) is 0.318. The van der Waals surface area contributed by atoms with Crippen LogP contribution in [-0.4, -0.2) is 31.5 Å². The molecule has 1 amide bonds. The highest BCUT2D eigenvalue weighted by Crippen LogP contribution is 2.28. The number of aryl methyl sites for hydroxylation is 2. The summed E-state index contributed by atoms with van der Waals surface area (Å²) in [5.74, 6) is 7.08. The standard InChI is InChI=1S/C22H26N6O4S/c1-13(2)16-7-5-15(4)10-19(16)32-11-20-25-26-22(27(20)23)33-12-21(29)24-17-8-6-14(3)9-18(17)28(30)31/h5-10,13H,11-12,23H2,1-4H3,(H,24,29). The third kappa shape index (κ3) is 6.01. The number of amides is 1. The summed E-state index contributed by atoms with van der Waals surface area (Å²) in [5.41, 5.74) is 2.87. The summed E-state index contributed by atoms with van der Waals surface area (Å²) in [7, 11) is 0. The van der Waals surface area contributed by atoms with Gasteiger partial charge in [-0.2, -0.15) is 0 Å². The summed E-state index contributed by atoms with van der Waals surface area (Å²) >= 11 is 1.07. The molecule has 1 heterocycles. The molecule has 3 aromatic rings. The quantitative estimate of drug-likeness (QED) is 0.207. The molecule has 0 unspecified atom stereocenters. The van der Waals surface area contributed by atoms with Crippen LogP contribution in [0.4, 0.5) is 11.4 Å². The summed E-state index contributed by atoms with van der Waals surface area (Å²) in [4.78, 5) is 23.0. The second kappa shape index (κ2) is 10.3. The number of hydrogen-bond donors (Lipinski definition) is 2. The predicted octanol–water partition coefficient (Wildman–Crippen LogP) is 3.95. The molecule has 0 radical (unpaired) electrons. The summed E-state index contributed by atoms with van der Waals surface area (Å²) in [6.07, 6.45) is 0. The zero-order valence-electron chi connectivity index (χ0n) is 18.9. The first kappa shape index (κ1) is 24.1. The molecular formula is C22H26N6O4S. The van der Waals surface area contributed by atoms with Gasteiger partial charge in [0.25, 0.3) is 5.69 Å². The van der Waals surface area contributed by atoms with Crippen molar-refractivity contribution in [3.05, 3.63) is 69.0 Å². The van der Waals surface area contributed by atoms with Crippen molar-refractivity contribution in [1.82, 2.24) is 14.9 Å². The van der Waals surface area contributed by atoms with Gasteiger partial charge < -0.3 is 15.9 Å². The van der Waals surface area contributed by atoms with Gasteiger partial charge >= 0.3 is 0 Å². The minimum absolute atomic E-state index is 0.0450. The Morgan fingerprint density at radius 3 is 2.61 bits per heavy atom. The third-order valence-corrected chi connectivity index (χ3v) is 5.78. The number of rotatable bonds is 9. The molecule has 0 saturated heterocycles. The summed E-state index contributed by atoms with van der Waals surface area (Å²) in [6.45, 7) is 8.04. The van der Waals surface area contributed by atoms with Gasteiger partial charge in [-0.15, -0.1) is 10.2 Å². The number of anilines is 1. The summed E-state index contributed by atoms with van der Waals surface area (Å²) in [5, 5.41) is 22.2. The molecule has 1 aromatic heterocycles. The largest absolute Gasteiger partial charge is 0.485 e. The molecule has 0 bridgehead atoms. The van der Waals surface area contributed by atoms with Crippen LogP contribution in [0.5, 0.6) is 5.75 Å². The average molecular weight is 471 g/mol. The van der Waals surface area contributed by atoms with E-state index in [0.717, 1.165) is 34.2 Å². The van der Waals surface area contributed by atoms with Gasteiger partial charge in [-0.3, -0.25) is 14.9 Å². The number of benzene rings is 2. The highest BCUT2D eigenvalue weighted by Gasteiger charge is 2.18. The van der Waals surface area contributed by atoms with E-state index in [1.54, 1.807) is 13.0 Å². The number of nitrogens with one attached hydrogen (secondary N) is 1. The second-order valence-electron chi connectivity index (χ2n) is 7.87. The summed E-state index contributed by atoms with van der Waals surface area (Å²) < 4.78 is 7.23. The van der Waals surface area contributed by atoms with Crippen LogP contribution in [0, 0.1) is 24.0 Å². The fourth-order valence-corrected chi connectivity index (χ4v) is 3.78. The lowest BCUT2D eigenvalue weighted by molar-refractivity contribution is -0.384. The van der Waals surface area contributed by atoms with E-state index in [2.05, 4.69) is 29.4 Å². The monoisotopic (exact) mass is 470 g/mol. The van der Waals surface area contributed by atoms with Crippen molar-refractivity contribution in [3.63, 3.8) is 0 Å². The number of nitrogens with zero attached hydrogens (tertiary/aromatic N) is 4. The molecule has 3 rings (SSSR count). The van der Waals surface area contributed by atoms with Gasteiger partial charge in [0, 0.05) is 6.07 Å². The molecule has 0 atom stereocenters. The molecule has 0 saturated carbocycles. The zero-order valence-corrected chi connectivity index (χ0v) is 19.7. The number of nitro benzene ring substituents is 1. The molecule has 3 N–H and O–H groups in total. The Morgan fingerprint density at radius 2 is 1.91 bits per heavy atom. The molecule has 10 nitrogen and oxygen atoms in total. The van der Waals surface area contributed by atoms with Crippen LogP contribution >= 0.6 is 11.8 Å². The zero-order chi connectivity index (χ0) is 24.1. The molecular weight excluding hydrogens is 444 g/mol. The SMILES string of the molecule is Cc1ccc(C(C)C)c(OCc2nnc(SCC(=O)Nc3ccc(C)cc3[N+](=O)[O-])n2N)c1. The number of hydrogen-bond acceptors (Lipinski definition) is 8. The number of carbonyl (C=O) groups is 1. The molecule has 11 heteroatoms. The predicted molar refractivity (Wildman–Crippen MR) is 127 cm³/mol. The lowest BCUT2D eigenvalue weighted by atomic mass is 10.0. The van der Waals surface area contributed by atoms with Crippen LogP contribution in [0.3, 0.4) is 0 Å². The van der Waals surface area contributed by atoms with E-state index in [4.69, 9.17) is 10.6 Å². The molecule has 0 aliphatic heterocycles. The molecule has 0 fully saturated rings. The van der Waals surface area contributed by atoms with Crippen molar-refractivity contribution in [1.29, 1.82) is 0 Å². The second-order valence-corrected chi connectivity index (χ2v) is 8.81. The van der Waals surface area contributed by atoms with Gasteiger partial charge in [0.1, 0.15) is 18.0 Å². The average Bonchev–Trinajstić information content (AvgIpc) is 3.11. The van der Waals surface area contributed by atoms with Crippen LogP contribution < -0.4 is 15.9 Å². The minimum atomic E-state index is -0.530. The lowest BCUT2D eigenvalue weighted by Crippen LogP contribution is -2.18. The first-order valence-corrected chi connectivity index (χ1v) is 11.2. The maximum absolute atomic E-state index is 12.3. The lowest BCUT2D eigenvalue weighted by Gasteiger charge is -2.14. The number of thioether (sulfide) groups is 1. The summed E-state index contributed by atoms with van der Waals surface area (Å²) in [6, 6.07) is 10.7. The number of carbonyl (C=O) groups excluding carboxylic acids is 1. The van der Waals surface area contributed by atoms with Gasteiger partial charge in [0.05, 0.1) is 10.7 Å². The number of ether oxygens (including phenoxy) is 1. The molecule has 174 valence electrons. The smallest absolute Gasteiger partial charge is 0.293 e. The van der Waals surface area contributed by atoms with Crippen molar-refractivity contribution in [2.24, 2.45) is 0 Å². The van der Waals surface area contributed by atoms with Gasteiger partial charge in [-0.1, -0.05) is 43.8 Å². The Morgan fingerprint density at radius 1 is 1.21 bits per heavy atom. The molecule has 0 spiro atoms. The van der Waals surface area contributed by atoms with Crippen molar-refractivity contribution in [2.45, 2.75) is 45.4 Å². The van der Waals surface area contributed by atoms with E-state index in [1.807, 2.05) is 25.1 Å². The van der Waals surface area contributed by atoms with E-state index in [-0.39, 0.29) is 23.7 Å². The molecule has 2 aromatic carbocycles. The van der Waals surface area contributed by atoms with Crippen molar-refractivity contribution >= 4 is 29.0 Å². The number of nitrogens with two attached hydrogens (primary N) is 1. The van der Waals surface area contributed by atoms with E-state index in [9.17, 15) is 14.9 Å². The Hall–Kier alpha value is -3.60. The first-order valence-electron chi connectivity index (χ1n) is 10.3. The topological polar surface area (TPSA) is 138 Å². The molecule has 0 aliphatic rings. The van der Waals surface area contributed by atoms with Crippen molar-refractivity contribution in [2.75, 3.05) is 16.9 Å². The first-order chi connectivity index (χ1) is 15.7. The molecule has 0 aliphatic carbocycles. The Labute approximate surface area is 195 Å². The van der Waals surface area contributed by atoms with Crippen molar-refractivity contribution in [3.8, 4) is 5.75 Å². The van der Waals surface area contributed by atoms with E-state index < -0.39 is 10.8 Å². The van der Waals surface area contributed by atoms with Gasteiger partial charge in [0.2, 0.25) is 11.1 Å². The Bertz CT molecular complexity index is 1180. The third-order valence-electron chi connectivity index (χ3n) is 4.84. The highest BCUT2D eigenvalue weighted by atomic mass is 32.2. The Balaban J connectivity index is 1.61. The fourth-order valence-electron chi connectivity index (χ4n) is 3.10. The normalized spacial score (nSPS) is 10.9. The van der Waals surface area contributed by atoms with Gasteiger partial charge in [-0.25, -0.2) is 4.68 Å². The van der Waals surface area contributed by atoms with Crippen LogP contribution in [0.1, 0.15) is 42.3 Å². The number of nitrogen functional groups attached to an aromatic ring is 1. The van der Waals surface area contributed by atoms with Crippen LogP contribution in [0.2, 0.25) is 0 Å². The van der Waals surface area contributed by atoms with Crippen molar-refractivity contribution < 1.29 is 14.5 Å². The number of nitro groups is 1. The maximum Gasteiger partial charge on any atom is 0.293 e. The van der Waals surface area contributed by atoms with Crippen LogP contribution in [0.25, 0.3) is 0 Å². The van der Waals surface area contributed by atoms with Crippen LogP contribution in [0.15, 0.2) is 41.6 Å². The van der Waals surface area contributed by atoms with Gasteiger partial charge in [0.15, 0.2) is 5.82 Å². The number of aromatic nitrogens is 3. The highest BCUT2D eigenvalue weighted by molar-refractivity contribution is 7.99. The Kier molecular flexibility index (Phi) is 7.54. The van der Waals surface area contributed by atoms with E-state index in [1.165, 1.54) is 16.8 Å². The minimum Gasteiger partial charge on any atom is -0.485 e. The molecule has 33 heavy (non-hydrogen) atoms. The maximum atomic E-state index is 12.3. The van der Waals surface area contributed by atoms with Crippen LogP contribution in [-0.2, 0) is 11.4 Å². The van der Waals surface area contributed by atoms with Gasteiger partial charge in [-0.05, 0) is 48.6 Å². The van der Waals surface area contributed by atoms with E-state index >= 15 is 0 Å². The van der Waals surface area contributed by atoms with E-state index in [0.29, 0.717) is 16.9 Å².